The largest absolute Gasteiger partial charge is 0.250 e. The van der Waals surface area contributed by atoms with Crippen molar-refractivity contribution in [2.75, 3.05) is 5.33 Å². The fourth-order valence-corrected chi connectivity index (χ4v) is 2.07. The molecule has 0 unspecified atom stereocenters. The van der Waals surface area contributed by atoms with E-state index in [1.165, 1.54) is 0 Å². The number of rotatable bonds is 1. The second-order valence-corrected chi connectivity index (χ2v) is 4.11. The number of alkyl halides is 3. The zero-order valence-electron chi connectivity index (χ0n) is 6.62. The van der Waals surface area contributed by atoms with Crippen LogP contribution in [0.25, 0.3) is 0 Å². The summed E-state index contributed by atoms with van der Waals surface area (Å²) in [5.74, 6) is -2.66. The van der Waals surface area contributed by atoms with E-state index in [2.05, 4.69) is 15.9 Å². The van der Waals surface area contributed by atoms with Crippen molar-refractivity contribution in [1.82, 2.24) is 0 Å². The summed E-state index contributed by atoms with van der Waals surface area (Å²) in [4.78, 5) is 0. The van der Waals surface area contributed by atoms with E-state index in [9.17, 15) is 8.78 Å². The summed E-state index contributed by atoms with van der Waals surface area (Å²) >= 11 is 3.25. The lowest BCUT2D eigenvalue weighted by atomic mass is 9.81. The lowest BCUT2D eigenvalue weighted by Gasteiger charge is -2.33. The van der Waals surface area contributed by atoms with Gasteiger partial charge in [-0.1, -0.05) is 22.9 Å². The molecule has 0 heterocycles. The van der Waals surface area contributed by atoms with E-state index < -0.39 is 11.8 Å². The summed E-state index contributed by atoms with van der Waals surface area (Å²) in [5, 5.41) is 0.718. The molecule has 66 valence electrons. The SMILES string of the molecule is C[C@@H]1CC[C@@H](CBr)CC1(F)F. The smallest absolute Gasteiger partial charge is 0.207 e. The van der Waals surface area contributed by atoms with Crippen LogP contribution in [0.15, 0.2) is 0 Å². The van der Waals surface area contributed by atoms with Crippen LogP contribution in [0.5, 0.6) is 0 Å². The van der Waals surface area contributed by atoms with Gasteiger partial charge in [0.15, 0.2) is 0 Å². The molecule has 0 saturated heterocycles. The van der Waals surface area contributed by atoms with E-state index in [0.29, 0.717) is 6.42 Å². The van der Waals surface area contributed by atoms with E-state index in [4.69, 9.17) is 0 Å². The number of halogens is 3. The molecule has 3 heteroatoms. The molecular formula is C8H13BrF2. The zero-order valence-corrected chi connectivity index (χ0v) is 8.20. The van der Waals surface area contributed by atoms with Gasteiger partial charge < -0.3 is 0 Å². The van der Waals surface area contributed by atoms with Gasteiger partial charge >= 0.3 is 0 Å². The molecular weight excluding hydrogens is 214 g/mol. The topological polar surface area (TPSA) is 0 Å². The van der Waals surface area contributed by atoms with Crippen LogP contribution < -0.4 is 0 Å². The average molecular weight is 227 g/mol. The normalized spacial score (nSPS) is 37.1. The Morgan fingerprint density at radius 2 is 2.09 bits per heavy atom. The Balaban J connectivity index is 2.52. The lowest BCUT2D eigenvalue weighted by Crippen LogP contribution is -2.34. The fourth-order valence-electron chi connectivity index (χ4n) is 1.52. The molecule has 11 heavy (non-hydrogen) atoms. The van der Waals surface area contributed by atoms with Crippen molar-refractivity contribution < 1.29 is 8.78 Å². The maximum atomic E-state index is 13.0. The molecule has 0 aromatic carbocycles. The maximum absolute atomic E-state index is 13.0. The number of hydrogen-bond donors (Lipinski definition) is 0. The molecule has 1 fully saturated rings. The minimum atomic E-state index is -2.42. The summed E-state index contributed by atoms with van der Waals surface area (Å²) < 4.78 is 26.0. The van der Waals surface area contributed by atoms with Crippen LogP contribution in [0.3, 0.4) is 0 Å². The first-order valence-corrected chi connectivity index (χ1v) is 5.12. The van der Waals surface area contributed by atoms with Crippen LogP contribution in [0, 0.1) is 11.8 Å². The molecule has 1 rings (SSSR count). The van der Waals surface area contributed by atoms with E-state index in [0.717, 1.165) is 11.8 Å². The molecule has 0 bridgehead atoms. The van der Waals surface area contributed by atoms with Gasteiger partial charge in [0.2, 0.25) is 0 Å². The highest BCUT2D eigenvalue weighted by atomic mass is 79.9. The quantitative estimate of drug-likeness (QED) is 0.602. The molecule has 0 N–H and O–H groups in total. The van der Waals surface area contributed by atoms with Crippen LogP contribution in [0.4, 0.5) is 8.78 Å². The molecule has 2 atom stereocenters. The fraction of sp³-hybridized carbons (Fsp3) is 1.00. The molecule has 0 radical (unpaired) electrons. The van der Waals surface area contributed by atoms with Gasteiger partial charge in [0.05, 0.1) is 0 Å². The Labute approximate surface area is 74.5 Å². The van der Waals surface area contributed by atoms with Gasteiger partial charge in [0.25, 0.3) is 5.92 Å². The Morgan fingerprint density at radius 3 is 2.55 bits per heavy atom. The van der Waals surface area contributed by atoms with Crippen molar-refractivity contribution in [3.05, 3.63) is 0 Å². The first kappa shape index (κ1) is 9.43. The second-order valence-electron chi connectivity index (χ2n) is 3.46. The minimum absolute atomic E-state index is 0.0689. The predicted molar refractivity (Wildman–Crippen MR) is 45.2 cm³/mol. The van der Waals surface area contributed by atoms with Crippen molar-refractivity contribution in [1.29, 1.82) is 0 Å². The van der Waals surface area contributed by atoms with Crippen molar-refractivity contribution >= 4 is 15.9 Å². The van der Waals surface area contributed by atoms with Crippen LogP contribution in [-0.4, -0.2) is 11.3 Å². The molecule has 1 aliphatic carbocycles. The van der Waals surface area contributed by atoms with Crippen molar-refractivity contribution in [2.24, 2.45) is 11.8 Å². The van der Waals surface area contributed by atoms with Crippen LogP contribution in [-0.2, 0) is 0 Å². The summed E-state index contributed by atoms with van der Waals surface area (Å²) in [6.45, 7) is 1.64. The molecule has 0 aromatic rings. The highest BCUT2D eigenvalue weighted by Gasteiger charge is 2.41. The van der Waals surface area contributed by atoms with Crippen molar-refractivity contribution in [3.63, 3.8) is 0 Å². The summed E-state index contributed by atoms with van der Waals surface area (Å²) in [6, 6.07) is 0. The Morgan fingerprint density at radius 1 is 1.45 bits per heavy atom. The average Bonchev–Trinajstić information content (AvgIpc) is 1.95. The highest BCUT2D eigenvalue weighted by molar-refractivity contribution is 9.09. The standard InChI is InChI=1S/C8H13BrF2/c1-6-2-3-7(5-9)4-8(6,10)11/h6-7H,2-5H2,1H3/t6-,7-/m1/s1. The predicted octanol–water partition coefficient (Wildman–Crippen LogP) is 3.45. The maximum Gasteiger partial charge on any atom is 0.250 e. The molecule has 1 saturated carbocycles. The van der Waals surface area contributed by atoms with E-state index in [1.54, 1.807) is 6.92 Å². The molecule has 0 spiro atoms. The lowest BCUT2D eigenvalue weighted by molar-refractivity contribution is -0.0919. The molecule has 0 amide bonds. The second kappa shape index (κ2) is 3.38. The Kier molecular flexibility index (Phi) is 2.90. The van der Waals surface area contributed by atoms with E-state index in [1.807, 2.05) is 0 Å². The first-order chi connectivity index (χ1) is 5.06. The first-order valence-electron chi connectivity index (χ1n) is 4.00. The minimum Gasteiger partial charge on any atom is -0.207 e. The summed E-state index contributed by atoms with van der Waals surface area (Å²) in [5.41, 5.74) is 0. The Bertz CT molecular complexity index is 136. The van der Waals surface area contributed by atoms with Gasteiger partial charge in [-0.25, -0.2) is 8.78 Å². The van der Waals surface area contributed by atoms with Crippen molar-refractivity contribution in [2.45, 2.75) is 32.1 Å². The van der Waals surface area contributed by atoms with Gasteiger partial charge in [-0.2, -0.15) is 0 Å². The van der Waals surface area contributed by atoms with Gasteiger partial charge in [-0.3, -0.25) is 0 Å². The van der Waals surface area contributed by atoms with Crippen molar-refractivity contribution in [3.8, 4) is 0 Å². The summed E-state index contributed by atoms with van der Waals surface area (Å²) in [6.07, 6.45) is 1.69. The van der Waals surface area contributed by atoms with Crippen LogP contribution in [0.2, 0.25) is 0 Å². The van der Waals surface area contributed by atoms with Crippen LogP contribution >= 0.6 is 15.9 Å². The van der Waals surface area contributed by atoms with Gasteiger partial charge in [0.1, 0.15) is 0 Å². The third-order valence-electron chi connectivity index (χ3n) is 2.51. The third-order valence-corrected chi connectivity index (χ3v) is 3.42. The Hall–Kier alpha value is 0.340. The van der Waals surface area contributed by atoms with E-state index >= 15 is 0 Å². The molecule has 0 aliphatic heterocycles. The molecule has 0 nitrogen and oxygen atoms in total. The monoisotopic (exact) mass is 226 g/mol. The molecule has 1 aliphatic rings. The zero-order chi connectivity index (χ0) is 8.48. The third kappa shape index (κ3) is 2.14. The van der Waals surface area contributed by atoms with Gasteiger partial charge in [-0.15, -0.1) is 0 Å². The van der Waals surface area contributed by atoms with Gasteiger partial charge in [0, 0.05) is 17.7 Å². The highest BCUT2D eigenvalue weighted by Crippen LogP contribution is 2.41. The number of hydrogen-bond acceptors (Lipinski definition) is 0. The van der Waals surface area contributed by atoms with E-state index in [-0.39, 0.29) is 12.3 Å². The molecule has 0 aromatic heterocycles. The van der Waals surface area contributed by atoms with Gasteiger partial charge in [-0.05, 0) is 18.8 Å². The summed E-state index contributed by atoms with van der Waals surface area (Å²) in [7, 11) is 0. The van der Waals surface area contributed by atoms with Crippen LogP contribution in [0.1, 0.15) is 26.2 Å².